The van der Waals surface area contributed by atoms with E-state index in [1.165, 1.54) is 151 Å². The quantitative estimate of drug-likeness (QED) is 0.152. The Bertz CT molecular complexity index is 715. The van der Waals surface area contributed by atoms with Gasteiger partial charge in [-0.2, -0.15) is 0 Å². The first-order valence-corrected chi connectivity index (χ1v) is 15.2. The fraction of sp³-hybridized carbons (Fsp3) is 0.706. The highest BCUT2D eigenvalue weighted by molar-refractivity contribution is 5.82. The summed E-state index contributed by atoms with van der Waals surface area (Å²) in [5.41, 5.74) is 1.43. The summed E-state index contributed by atoms with van der Waals surface area (Å²) in [5, 5.41) is 2.60. The van der Waals surface area contributed by atoms with Crippen LogP contribution in [0, 0.1) is 12.0 Å². The van der Waals surface area contributed by atoms with Crippen molar-refractivity contribution in [1.82, 2.24) is 0 Å². The van der Waals surface area contributed by atoms with E-state index in [1.54, 1.807) is 0 Å². The predicted molar refractivity (Wildman–Crippen MR) is 154 cm³/mol. The summed E-state index contributed by atoms with van der Waals surface area (Å²) in [6.45, 7) is 4.61. The molecule has 0 heteroatoms. The first-order valence-electron chi connectivity index (χ1n) is 15.2. The lowest BCUT2D eigenvalue weighted by Gasteiger charge is -2.17. The van der Waals surface area contributed by atoms with Crippen molar-refractivity contribution in [3.05, 3.63) is 48.0 Å². The molecule has 2 rings (SSSR count). The monoisotopic (exact) mass is 463 g/mol. The lowest BCUT2D eigenvalue weighted by Crippen LogP contribution is -2.05. The standard InChI is InChI=1S/C34H55/c1-3-5-7-9-11-13-14-16-18-20-24-31(23-19-17-15-12-10-8-6-4-2)29-32-27-28-33-25-21-22-26-34(33)30-32/h21-22,25-28,31H,3-20,23-24,29H2,1-2H3. The highest BCUT2D eigenvalue weighted by Gasteiger charge is 2.11. The Labute approximate surface area is 213 Å². The van der Waals surface area contributed by atoms with Gasteiger partial charge in [-0.15, -0.1) is 0 Å². The van der Waals surface area contributed by atoms with Gasteiger partial charge in [-0.3, -0.25) is 0 Å². The predicted octanol–water partition coefficient (Wildman–Crippen LogP) is 11.6. The van der Waals surface area contributed by atoms with Crippen LogP contribution in [0.3, 0.4) is 0 Å². The third-order valence-corrected chi connectivity index (χ3v) is 7.66. The van der Waals surface area contributed by atoms with Gasteiger partial charge in [-0.1, -0.05) is 179 Å². The van der Waals surface area contributed by atoms with Crippen molar-refractivity contribution in [2.75, 3.05) is 0 Å². The van der Waals surface area contributed by atoms with Gasteiger partial charge in [0.15, 0.2) is 0 Å². The van der Waals surface area contributed by atoms with Crippen LogP contribution in [0.4, 0.5) is 0 Å². The van der Waals surface area contributed by atoms with E-state index in [9.17, 15) is 0 Å². The molecule has 0 heterocycles. The molecule has 0 N–H and O–H groups in total. The van der Waals surface area contributed by atoms with Crippen molar-refractivity contribution >= 4 is 10.8 Å². The average molecular weight is 464 g/mol. The van der Waals surface area contributed by atoms with Crippen LogP contribution in [-0.2, 0) is 6.42 Å². The fourth-order valence-electron chi connectivity index (χ4n) is 5.43. The molecule has 1 atom stereocenters. The highest BCUT2D eigenvalue weighted by atomic mass is 14.2. The Balaban J connectivity index is 1.69. The van der Waals surface area contributed by atoms with Crippen LogP contribution in [0.15, 0.2) is 36.4 Å². The fourth-order valence-corrected chi connectivity index (χ4v) is 5.43. The number of benzene rings is 2. The molecule has 0 aliphatic rings. The Morgan fingerprint density at radius 2 is 1.00 bits per heavy atom. The number of fused-ring (bicyclic) bond motifs is 1. The van der Waals surface area contributed by atoms with Crippen LogP contribution in [0.5, 0.6) is 0 Å². The molecule has 0 aromatic heterocycles. The van der Waals surface area contributed by atoms with E-state index in [4.69, 9.17) is 0 Å². The summed E-state index contributed by atoms with van der Waals surface area (Å²) in [4.78, 5) is 0. The van der Waals surface area contributed by atoms with Crippen LogP contribution >= 0.6 is 0 Å². The summed E-state index contributed by atoms with van der Waals surface area (Å²) >= 11 is 0. The number of hydrogen-bond acceptors (Lipinski definition) is 0. The zero-order valence-corrected chi connectivity index (χ0v) is 22.9. The maximum atomic E-state index is 3.73. The first kappa shape index (κ1) is 28.9. The lowest BCUT2D eigenvalue weighted by atomic mass is 9.88. The Morgan fingerprint density at radius 1 is 0.529 bits per heavy atom. The lowest BCUT2D eigenvalue weighted by molar-refractivity contribution is 0.400. The molecule has 0 aliphatic carbocycles. The molecule has 2 aromatic carbocycles. The zero-order valence-electron chi connectivity index (χ0n) is 22.9. The molecule has 0 saturated carbocycles. The van der Waals surface area contributed by atoms with Crippen LogP contribution in [-0.4, -0.2) is 0 Å². The molecule has 0 saturated heterocycles. The van der Waals surface area contributed by atoms with Gasteiger partial charge < -0.3 is 0 Å². The molecular weight excluding hydrogens is 408 g/mol. The summed E-state index contributed by atoms with van der Waals surface area (Å²) < 4.78 is 0. The SMILES string of the molecule is CCCCCCCCCCCCC(CCCCCCCCCC)Cc1[c]c2ccccc2cc1. The van der Waals surface area contributed by atoms with Crippen molar-refractivity contribution in [2.24, 2.45) is 5.92 Å². The molecule has 0 bridgehead atoms. The minimum Gasteiger partial charge on any atom is -0.0654 e. The number of rotatable bonds is 22. The zero-order chi connectivity index (χ0) is 24.1. The summed E-state index contributed by atoms with van der Waals surface area (Å²) in [6, 6.07) is 17.1. The van der Waals surface area contributed by atoms with E-state index in [-0.39, 0.29) is 0 Å². The van der Waals surface area contributed by atoms with Crippen molar-refractivity contribution in [3.8, 4) is 0 Å². The van der Waals surface area contributed by atoms with Gasteiger partial charge in [0.1, 0.15) is 0 Å². The highest BCUT2D eigenvalue weighted by Crippen LogP contribution is 2.25. The largest absolute Gasteiger partial charge is 0.0654 e. The van der Waals surface area contributed by atoms with Crippen molar-refractivity contribution in [2.45, 2.75) is 149 Å². The van der Waals surface area contributed by atoms with Crippen molar-refractivity contribution in [3.63, 3.8) is 0 Å². The molecular formula is C34H55. The summed E-state index contributed by atoms with van der Waals surface area (Å²) in [5.74, 6) is 0.839. The number of unbranched alkanes of at least 4 members (excludes halogenated alkanes) is 16. The molecule has 1 unspecified atom stereocenters. The molecule has 0 nitrogen and oxygen atoms in total. The maximum Gasteiger partial charge on any atom is -0.00642 e. The minimum absolute atomic E-state index is 0.839. The van der Waals surface area contributed by atoms with E-state index in [1.807, 2.05) is 0 Å². The van der Waals surface area contributed by atoms with Crippen LogP contribution in [0.2, 0.25) is 0 Å². The van der Waals surface area contributed by atoms with Gasteiger partial charge >= 0.3 is 0 Å². The van der Waals surface area contributed by atoms with Gasteiger partial charge in [0.25, 0.3) is 0 Å². The van der Waals surface area contributed by atoms with E-state index in [0.717, 1.165) is 5.92 Å². The molecule has 1 radical (unpaired) electrons. The maximum absolute atomic E-state index is 3.73. The Kier molecular flexibility index (Phi) is 17.0. The van der Waals surface area contributed by atoms with Gasteiger partial charge in [-0.25, -0.2) is 0 Å². The minimum atomic E-state index is 0.839. The van der Waals surface area contributed by atoms with E-state index in [2.05, 4.69) is 56.3 Å². The topological polar surface area (TPSA) is 0 Å². The van der Waals surface area contributed by atoms with Crippen molar-refractivity contribution in [1.29, 1.82) is 0 Å². The normalized spacial score (nSPS) is 12.4. The number of hydrogen-bond donors (Lipinski definition) is 0. The van der Waals surface area contributed by atoms with Gasteiger partial charge in [0.2, 0.25) is 0 Å². The third-order valence-electron chi connectivity index (χ3n) is 7.66. The second-order valence-electron chi connectivity index (χ2n) is 10.9. The van der Waals surface area contributed by atoms with Gasteiger partial charge in [0.05, 0.1) is 0 Å². The molecule has 0 fully saturated rings. The summed E-state index contributed by atoms with van der Waals surface area (Å²) in [7, 11) is 0. The molecule has 34 heavy (non-hydrogen) atoms. The molecule has 191 valence electrons. The molecule has 2 aromatic rings. The summed E-state index contributed by atoms with van der Waals surface area (Å²) in [6.07, 6.45) is 29.8. The molecule has 0 aliphatic heterocycles. The second-order valence-corrected chi connectivity index (χ2v) is 10.9. The molecule has 0 spiro atoms. The van der Waals surface area contributed by atoms with Crippen LogP contribution in [0.25, 0.3) is 10.8 Å². The Morgan fingerprint density at radius 3 is 1.53 bits per heavy atom. The van der Waals surface area contributed by atoms with Gasteiger partial charge in [0, 0.05) is 0 Å². The van der Waals surface area contributed by atoms with E-state index in [0.29, 0.717) is 0 Å². The smallest absolute Gasteiger partial charge is 0.00642 e. The van der Waals surface area contributed by atoms with E-state index < -0.39 is 0 Å². The first-order chi connectivity index (χ1) is 16.8. The average Bonchev–Trinajstić information content (AvgIpc) is 2.86. The molecule has 0 amide bonds. The second kappa shape index (κ2) is 19.9. The van der Waals surface area contributed by atoms with Gasteiger partial charge in [-0.05, 0) is 34.7 Å². The Hall–Kier alpha value is -1.30. The van der Waals surface area contributed by atoms with E-state index >= 15 is 0 Å². The van der Waals surface area contributed by atoms with Crippen molar-refractivity contribution < 1.29 is 0 Å². The third kappa shape index (κ3) is 13.6. The van der Waals surface area contributed by atoms with Crippen LogP contribution in [0.1, 0.15) is 148 Å². The van der Waals surface area contributed by atoms with Crippen LogP contribution < -0.4 is 0 Å².